The van der Waals surface area contributed by atoms with Crippen LogP contribution in [-0.4, -0.2) is 75.2 Å². The molecule has 29 heteroatoms. The molecule has 6 aromatic carbocycles. The molecule has 0 atom stereocenters. The predicted octanol–water partition coefficient (Wildman–Crippen LogP) is 15.4. The maximum Gasteiger partial charge on any atom is 0.337 e. The zero-order valence-corrected chi connectivity index (χ0v) is 60.6. The Morgan fingerprint density at radius 3 is 1.08 bits per heavy atom. The van der Waals surface area contributed by atoms with Gasteiger partial charge in [0.1, 0.15) is 18.2 Å². The second kappa shape index (κ2) is 29.9. The van der Waals surface area contributed by atoms with Crippen LogP contribution in [0.4, 0.5) is 22.7 Å². The molecule has 1 amide bonds. The van der Waals surface area contributed by atoms with Crippen LogP contribution in [0.25, 0.3) is 0 Å². The minimum atomic E-state index is -3.68. The fraction of sp³-hybridized carbons (Fsp3) is 0.339. The fourth-order valence-electron chi connectivity index (χ4n) is 8.07. The largest absolute Gasteiger partial charge is 0.478 e. The molecule has 0 spiro atoms. The van der Waals surface area contributed by atoms with Gasteiger partial charge in [-0.1, -0.05) is 88.3 Å². The molecule has 2 bridgehead atoms. The van der Waals surface area contributed by atoms with Gasteiger partial charge in [0.2, 0.25) is 40.1 Å². The van der Waals surface area contributed by atoms with Crippen molar-refractivity contribution in [3.05, 3.63) is 183 Å². The third-order valence-corrected chi connectivity index (χ3v) is 24.2. The molecule has 6 N–H and O–H groups in total. The second-order valence-corrected chi connectivity index (χ2v) is 37.9. The summed E-state index contributed by atoms with van der Waals surface area (Å²) < 4.78 is 103. The van der Waals surface area contributed by atoms with Gasteiger partial charge in [-0.15, -0.1) is 0 Å². The third-order valence-electron chi connectivity index (χ3n) is 13.7. The Hall–Kier alpha value is -6.09. The van der Waals surface area contributed by atoms with Crippen molar-refractivity contribution in [2.45, 2.75) is 132 Å². The van der Waals surface area contributed by atoms with E-state index in [0.717, 1.165) is 22.8 Å². The summed E-state index contributed by atoms with van der Waals surface area (Å²) in [7, 11) is -14.4. The molecule has 91 heavy (non-hydrogen) atoms. The van der Waals surface area contributed by atoms with Crippen molar-refractivity contribution in [1.82, 2.24) is 5.32 Å². The lowest BCUT2D eigenvalue weighted by Gasteiger charge is -2.71. The smallest absolute Gasteiger partial charge is 0.337 e. The van der Waals surface area contributed by atoms with Gasteiger partial charge in [0.15, 0.2) is 0 Å². The van der Waals surface area contributed by atoms with Crippen molar-refractivity contribution in [2.75, 3.05) is 18.9 Å². The zero-order chi connectivity index (χ0) is 69.3. The van der Waals surface area contributed by atoms with Gasteiger partial charge in [-0.3, -0.25) is 23.7 Å². The topological polar surface area (TPSA) is 322 Å². The van der Waals surface area contributed by atoms with Crippen molar-refractivity contribution in [3.8, 4) is 18.2 Å². The number of sulfonamides is 4. The number of aromatic carboxylic acids is 1. The zero-order valence-electron chi connectivity index (χ0n) is 51.4. The molecule has 6 aromatic rings. The number of carboxylic acid groups (broad SMARTS) is 1. The highest BCUT2D eigenvalue weighted by Gasteiger charge is 2.69. The van der Waals surface area contributed by atoms with Crippen LogP contribution in [0.15, 0.2) is 121 Å². The minimum absolute atomic E-state index is 0.00169. The number of carboxylic acids is 1. The first-order chi connectivity index (χ1) is 41.6. The molecule has 0 radical (unpaired) electrons. The van der Waals surface area contributed by atoms with Crippen molar-refractivity contribution in [3.63, 3.8) is 0 Å². The van der Waals surface area contributed by atoms with Crippen LogP contribution < -0.4 is 24.2 Å². The maximum absolute atomic E-state index is 13.0. The maximum atomic E-state index is 13.0. The molecule has 0 unspecified atom stereocenters. The first-order valence-corrected chi connectivity index (χ1v) is 36.0. The van der Waals surface area contributed by atoms with Crippen LogP contribution >= 0.6 is 80.6 Å². The molecule has 3 saturated carbocycles. The van der Waals surface area contributed by atoms with E-state index in [-0.39, 0.29) is 66.9 Å². The van der Waals surface area contributed by atoms with Gasteiger partial charge in [-0.2, -0.15) is 15.8 Å². The predicted molar refractivity (Wildman–Crippen MR) is 372 cm³/mol. The van der Waals surface area contributed by atoms with Crippen molar-refractivity contribution >= 4 is 155 Å². The number of nitriles is 3. The number of nitrogens with one attached hydrogen (secondary N) is 5. The number of carbonyl (C=O) groups is 2. The molecule has 19 nitrogen and oxygen atoms in total. The highest BCUT2D eigenvalue weighted by Crippen LogP contribution is 2.67. The average Bonchev–Trinajstić information content (AvgIpc) is 0.675. The number of hydrogen-bond acceptors (Lipinski definition) is 13. The Balaban J connectivity index is 0.000000253. The summed E-state index contributed by atoms with van der Waals surface area (Å²) in [4.78, 5) is 24.0. The molecular weight excluding hydrogens is 1470 g/mol. The third kappa shape index (κ3) is 20.5. The Morgan fingerprint density at radius 1 is 0.451 bits per heavy atom. The van der Waals surface area contributed by atoms with E-state index in [1.807, 2.05) is 42.5 Å². The van der Waals surface area contributed by atoms with E-state index in [9.17, 15) is 43.3 Å². The Labute approximate surface area is 572 Å². The Bertz CT molecular complexity index is 4200. The van der Waals surface area contributed by atoms with E-state index in [1.165, 1.54) is 93.1 Å². The van der Waals surface area contributed by atoms with Gasteiger partial charge < -0.3 is 10.4 Å². The molecule has 0 saturated heterocycles. The first kappa shape index (κ1) is 77.4. The number of nitrogens with zero attached hydrogens (tertiary/aromatic N) is 3. The highest BCUT2D eigenvalue weighted by molar-refractivity contribution is 14.1. The summed E-state index contributed by atoms with van der Waals surface area (Å²) in [6, 6.07) is 38.9. The van der Waals surface area contributed by atoms with Gasteiger partial charge in [0.05, 0.1) is 69.6 Å². The second-order valence-electron chi connectivity index (χ2n) is 24.8. The van der Waals surface area contributed by atoms with Gasteiger partial charge >= 0.3 is 5.97 Å². The number of halogens is 6. The summed E-state index contributed by atoms with van der Waals surface area (Å²) in [5.74, 6) is -1.55. The summed E-state index contributed by atoms with van der Waals surface area (Å²) in [6.07, 6.45) is 2.71. The van der Waals surface area contributed by atoms with Crippen molar-refractivity contribution in [1.29, 1.82) is 15.8 Å². The molecular formula is C62H68Cl5IN8O11S4. The van der Waals surface area contributed by atoms with E-state index in [1.54, 1.807) is 80.5 Å². The standard InChI is InChI=1S/C22H25ClN2O3S.2C11H13ClN2O2S.C11H14ClNO4S.C7H3ClIN/c1-20(2,3)29(27,28)25-18-10-9-16(23)11-17(18)19(26)24-22-12-21(13-22,14-22)15-7-5-4-6-8-15;2*1-11(2,3)17(15,16)14-10-5-4-9(12)6-8(10)7-13;1-11(2,3)18(16,17)13-9-5-4-7(12)6-8(9)10(14)15;8-6-1-2-7(9)5(3-6)4-10/h4-11,25H,12-14H2,1-3H3,(H,24,26);2*4-6,14H,1-3H3;4-6,13H,1-3H3,(H,14,15);1-3H. The van der Waals surface area contributed by atoms with Crippen LogP contribution in [0, 0.1) is 37.6 Å². The lowest BCUT2D eigenvalue weighted by Crippen LogP contribution is -2.76. The fourth-order valence-corrected chi connectivity index (χ4v) is 12.5. The highest BCUT2D eigenvalue weighted by atomic mass is 127. The van der Waals surface area contributed by atoms with Gasteiger partial charge in [-0.25, -0.2) is 38.5 Å². The van der Waals surface area contributed by atoms with Gasteiger partial charge in [-0.05, 0) is 221 Å². The van der Waals surface area contributed by atoms with Crippen LogP contribution in [0.3, 0.4) is 0 Å². The van der Waals surface area contributed by atoms with Crippen molar-refractivity contribution < 1.29 is 48.4 Å². The van der Waals surface area contributed by atoms with E-state index >= 15 is 0 Å². The number of carbonyl (C=O) groups excluding carboxylic acids is 1. The van der Waals surface area contributed by atoms with Crippen LogP contribution in [0.2, 0.25) is 25.1 Å². The molecule has 3 fully saturated rings. The Morgan fingerprint density at radius 2 is 0.747 bits per heavy atom. The molecule has 488 valence electrons. The van der Waals surface area contributed by atoms with E-state index in [0.29, 0.717) is 25.7 Å². The van der Waals surface area contributed by atoms with Gasteiger partial charge in [0, 0.05) is 39.6 Å². The van der Waals surface area contributed by atoms with Crippen LogP contribution in [-0.2, 0) is 45.5 Å². The SMILES string of the molecule is CC(C)(C)S(=O)(=O)Nc1ccc(Cl)cc1C#N.CC(C)(C)S(=O)(=O)Nc1ccc(Cl)cc1C#N.CC(C)(C)S(=O)(=O)Nc1ccc(Cl)cc1C(=O)NC12CC(c3ccccc3)(C1)C2.CC(C)(C)S(=O)(=O)Nc1ccc(Cl)cc1C(=O)O.N#Cc1cc(Cl)ccc1I. The number of amides is 1. The van der Waals surface area contributed by atoms with Crippen molar-refractivity contribution in [2.24, 2.45) is 0 Å². The molecule has 9 rings (SSSR count). The van der Waals surface area contributed by atoms with E-state index < -0.39 is 65.1 Å². The molecule has 3 aliphatic carbocycles. The number of anilines is 4. The summed E-state index contributed by atoms with van der Waals surface area (Å²) >= 11 is 31.0. The molecule has 0 heterocycles. The normalized spacial score (nSPS) is 16.0. The van der Waals surface area contributed by atoms with E-state index in [2.05, 4.69) is 58.9 Å². The number of benzene rings is 6. The minimum Gasteiger partial charge on any atom is -0.478 e. The molecule has 3 aliphatic rings. The molecule has 0 aliphatic heterocycles. The number of rotatable bonds is 12. The lowest BCUT2D eigenvalue weighted by atomic mass is 9.37. The quantitative estimate of drug-likeness (QED) is 0.0621. The lowest BCUT2D eigenvalue weighted by molar-refractivity contribution is -0.0808. The first-order valence-electron chi connectivity index (χ1n) is 27.1. The van der Waals surface area contributed by atoms with Crippen LogP contribution in [0.1, 0.15) is 145 Å². The number of hydrogen-bond donors (Lipinski definition) is 6. The summed E-state index contributed by atoms with van der Waals surface area (Å²) in [6.45, 7) is 18.9. The summed E-state index contributed by atoms with van der Waals surface area (Å²) in [5.41, 5.74) is 3.08. The van der Waals surface area contributed by atoms with Gasteiger partial charge in [0.25, 0.3) is 5.91 Å². The molecule has 0 aromatic heterocycles. The Kier molecular flexibility index (Phi) is 25.4. The summed E-state index contributed by atoms with van der Waals surface area (Å²) in [5, 5.41) is 40.4. The van der Waals surface area contributed by atoms with Crippen LogP contribution in [0.5, 0.6) is 0 Å². The average molecular weight is 1530 g/mol. The monoisotopic (exact) mass is 1530 g/mol. The van der Waals surface area contributed by atoms with E-state index in [4.69, 9.17) is 78.9 Å².